The molecule has 30 heavy (non-hydrogen) atoms. The zero-order valence-corrected chi connectivity index (χ0v) is 18.4. The second-order valence-electron chi connectivity index (χ2n) is 8.45. The van der Waals surface area contributed by atoms with Gasteiger partial charge in [-0.1, -0.05) is 30.7 Å². The van der Waals surface area contributed by atoms with Gasteiger partial charge in [-0.3, -0.25) is 4.98 Å². The number of nitrogens with one attached hydrogen (secondary N) is 1. The van der Waals surface area contributed by atoms with E-state index in [2.05, 4.69) is 59.4 Å². The van der Waals surface area contributed by atoms with Gasteiger partial charge in [0, 0.05) is 29.0 Å². The summed E-state index contributed by atoms with van der Waals surface area (Å²) in [6.07, 6.45) is 8.55. The minimum Gasteiger partial charge on any atom is -0.361 e. The zero-order valence-electron chi connectivity index (χ0n) is 17.6. The fourth-order valence-corrected chi connectivity index (χ4v) is 4.96. The number of likely N-dealkylation sites (tertiary alicyclic amines) is 1. The summed E-state index contributed by atoms with van der Waals surface area (Å²) >= 11 is 6.35. The number of fused-ring (bicyclic) bond motifs is 1. The maximum Gasteiger partial charge on any atom is 0.130 e. The first kappa shape index (κ1) is 19.4. The molecule has 0 saturated carbocycles. The van der Waals surface area contributed by atoms with Crippen LogP contribution in [-0.2, 0) is 0 Å². The van der Waals surface area contributed by atoms with E-state index in [1.807, 2.05) is 25.3 Å². The first-order valence-corrected chi connectivity index (χ1v) is 11.0. The van der Waals surface area contributed by atoms with Crippen molar-refractivity contribution in [1.29, 1.82) is 0 Å². The molecule has 153 valence electrons. The van der Waals surface area contributed by atoms with Gasteiger partial charge in [0.1, 0.15) is 5.82 Å². The lowest BCUT2D eigenvalue weighted by atomic mass is 9.92. The van der Waals surface area contributed by atoms with Gasteiger partial charge >= 0.3 is 0 Å². The number of H-pyrrole nitrogens is 1. The van der Waals surface area contributed by atoms with Crippen molar-refractivity contribution in [2.24, 2.45) is 5.92 Å². The number of aromatic amines is 1. The summed E-state index contributed by atoms with van der Waals surface area (Å²) in [4.78, 5) is 15.7. The van der Waals surface area contributed by atoms with E-state index >= 15 is 0 Å². The van der Waals surface area contributed by atoms with Crippen molar-refractivity contribution in [2.75, 3.05) is 6.54 Å². The fraction of sp³-hybridized carbons (Fsp3) is 0.320. The van der Waals surface area contributed by atoms with Gasteiger partial charge in [0.2, 0.25) is 0 Å². The summed E-state index contributed by atoms with van der Waals surface area (Å²) in [5.41, 5.74) is 7.90. The number of allylic oxidation sites excluding steroid dienone is 3. The van der Waals surface area contributed by atoms with Crippen LogP contribution < -0.4 is 0 Å². The molecular weight excluding hydrogens is 392 g/mol. The number of imidazole rings is 1. The topological polar surface area (TPSA) is 44.8 Å². The average Bonchev–Trinajstić information content (AvgIpc) is 3.31. The molecule has 5 rings (SSSR count). The maximum atomic E-state index is 6.35. The molecule has 2 aromatic heterocycles. The van der Waals surface area contributed by atoms with Crippen molar-refractivity contribution in [3.8, 4) is 0 Å². The van der Waals surface area contributed by atoms with Crippen LogP contribution in [0.5, 0.6) is 0 Å². The first-order valence-electron chi connectivity index (χ1n) is 10.6. The number of hydrogen-bond acceptors (Lipinski definition) is 3. The SMILES string of the molecule is CC1=CC[CH]C(c2ccccn2)=C1N1CC[C@H](C)[C@H]1c1nc2cc(Cl)c(C)cc2[nH]1. The standard InChI is InChI=1S/C25H26ClN4/c1-15-7-6-8-18(20-9-4-5-11-27-20)23(15)30-12-10-16(2)24(30)25-28-21-13-17(3)19(26)14-22(21)29-25/h4-5,7-9,11,13-14,16,24H,6,10,12H2,1-3H3,(H,28,29)/t16-,24-/m0/s1. The molecule has 1 N–H and O–H groups in total. The number of nitrogens with zero attached hydrogens (tertiary/aromatic N) is 3. The Bertz CT molecular complexity index is 1120. The number of aryl methyl sites for hydroxylation is 1. The van der Waals surface area contributed by atoms with Crippen molar-refractivity contribution in [1.82, 2.24) is 19.9 Å². The minimum absolute atomic E-state index is 0.194. The molecule has 0 spiro atoms. The molecule has 2 atom stereocenters. The summed E-state index contributed by atoms with van der Waals surface area (Å²) in [6, 6.07) is 10.4. The number of halogens is 1. The van der Waals surface area contributed by atoms with Crippen LogP contribution in [0.1, 0.15) is 49.8 Å². The van der Waals surface area contributed by atoms with Crippen molar-refractivity contribution in [2.45, 2.75) is 39.7 Å². The monoisotopic (exact) mass is 417 g/mol. The van der Waals surface area contributed by atoms with E-state index in [1.54, 1.807) is 0 Å². The second kappa shape index (κ2) is 7.59. The Morgan fingerprint density at radius 2 is 2.07 bits per heavy atom. The Morgan fingerprint density at radius 1 is 1.20 bits per heavy atom. The highest BCUT2D eigenvalue weighted by molar-refractivity contribution is 6.32. The van der Waals surface area contributed by atoms with Crippen molar-refractivity contribution >= 4 is 28.2 Å². The van der Waals surface area contributed by atoms with Crippen LogP contribution >= 0.6 is 11.6 Å². The lowest BCUT2D eigenvalue weighted by Crippen LogP contribution is -2.28. The van der Waals surface area contributed by atoms with Gasteiger partial charge in [0.25, 0.3) is 0 Å². The number of aromatic nitrogens is 3. The highest BCUT2D eigenvalue weighted by Crippen LogP contribution is 2.44. The summed E-state index contributed by atoms with van der Waals surface area (Å²) in [6.45, 7) is 7.58. The third kappa shape index (κ3) is 3.24. The van der Waals surface area contributed by atoms with Gasteiger partial charge in [-0.15, -0.1) is 0 Å². The summed E-state index contributed by atoms with van der Waals surface area (Å²) < 4.78 is 0. The third-order valence-corrected chi connectivity index (χ3v) is 6.77. The Labute approximate surface area is 182 Å². The van der Waals surface area contributed by atoms with E-state index in [0.29, 0.717) is 5.92 Å². The third-order valence-electron chi connectivity index (χ3n) is 6.36. The van der Waals surface area contributed by atoms with Crippen LogP contribution in [0.2, 0.25) is 5.02 Å². The smallest absolute Gasteiger partial charge is 0.130 e. The van der Waals surface area contributed by atoms with Crippen LogP contribution in [0.15, 0.2) is 53.9 Å². The fourth-order valence-electron chi connectivity index (χ4n) is 4.80. The van der Waals surface area contributed by atoms with Crippen molar-refractivity contribution in [3.05, 3.63) is 82.4 Å². The van der Waals surface area contributed by atoms with Gasteiger partial charge in [-0.05, 0) is 74.4 Å². The molecule has 0 unspecified atom stereocenters. The molecule has 0 bridgehead atoms. The molecule has 1 aliphatic carbocycles. The number of pyridine rings is 1. The van der Waals surface area contributed by atoms with Gasteiger partial charge in [0.05, 0.1) is 22.8 Å². The van der Waals surface area contributed by atoms with E-state index in [1.165, 1.54) is 16.8 Å². The van der Waals surface area contributed by atoms with Gasteiger partial charge in [-0.2, -0.15) is 0 Å². The Balaban J connectivity index is 1.62. The molecule has 1 radical (unpaired) electrons. The van der Waals surface area contributed by atoms with Gasteiger partial charge < -0.3 is 9.88 Å². The molecule has 3 aromatic rings. The number of benzene rings is 1. The molecule has 1 fully saturated rings. The average molecular weight is 418 g/mol. The van der Waals surface area contributed by atoms with Crippen LogP contribution in [0.4, 0.5) is 0 Å². The van der Waals surface area contributed by atoms with Crippen LogP contribution in [0.3, 0.4) is 0 Å². The molecule has 1 aliphatic heterocycles. The van der Waals surface area contributed by atoms with Crippen molar-refractivity contribution in [3.63, 3.8) is 0 Å². The normalized spacial score (nSPS) is 22.1. The van der Waals surface area contributed by atoms with Crippen LogP contribution in [0, 0.1) is 19.3 Å². The Hall–Kier alpha value is -2.59. The minimum atomic E-state index is 0.194. The molecule has 1 aromatic carbocycles. The van der Waals surface area contributed by atoms with E-state index in [0.717, 1.165) is 52.5 Å². The summed E-state index contributed by atoms with van der Waals surface area (Å²) in [5, 5.41) is 0.762. The van der Waals surface area contributed by atoms with Gasteiger partial charge in [-0.25, -0.2) is 4.98 Å². The lowest BCUT2D eigenvalue weighted by molar-refractivity contribution is 0.289. The summed E-state index contributed by atoms with van der Waals surface area (Å²) in [5.74, 6) is 1.51. The lowest BCUT2D eigenvalue weighted by Gasteiger charge is -2.34. The van der Waals surface area contributed by atoms with Crippen LogP contribution in [-0.4, -0.2) is 26.4 Å². The summed E-state index contributed by atoms with van der Waals surface area (Å²) in [7, 11) is 0. The zero-order chi connectivity index (χ0) is 20.8. The molecular formula is C25H26ClN4. The molecule has 3 heterocycles. The second-order valence-corrected chi connectivity index (χ2v) is 8.86. The van der Waals surface area contributed by atoms with Crippen LogP contribution in [0.25, 0.3) is 16.6 Å². The largest absolute Gasteiger partial charge is 0.361 e. The van der Waals surface area contributed by atoms with Gasteiger partial charge in [0.15, 0.2) is 0 Å². The quantitative estimate of drug-likeness (QED) is 0.546. The highest BCUT2D eigenvalue weighted by atomic mass is 35.5. The first-order chi connectivity index (χ1) is 14.5. The predicted molar refractivity (Wildman–Crippen MR) is 123 cm³/mol. The number of rotatable bonds is 3. The van der Waals surface area contributed by atoms with E-state index in [4.69, 9.17) is 16.6 Å². The Morgan fingerprint density at radius 3 is 2.87 bits per heavy atom. The van der Waals surface area contributed by atoms with E-state index in [9.17, 15) is 0 Å². The molecule has 2 aliphatic rings. The maximum absolute atomic E-state index is 6.35. The van der Waals surface area contributed by atoms with E-state index < -0.39 is 0 Å². The predicted octanol–water partition coefficient (Wildman–Crippen LogP) is 6.27. The van der Waals surface area contributed by atoms with Crippen molar-refractivity contribution < 1.29 is 0 Å². The molecule has 4 nitrogen and oxygen atoms in total. The number of hydrogen-bond donors (Lipinski definition) is 1. The van der Waals surface area contributed by atoms with E-state index in [-0.39, 0.29) is 6.04 Å². The highest BCUT2D eigenvalue weighted by Gasteiger charge is 2.38. The Kier molecular flexibility index (Phi) is 4.90. The molecule has 0 amide bonds. The molecule has 1 saturated heterocycles. The molecule has 5 heteroatoms.